The average Bonchev–Trinajstić information content (AvgIpc) is 2.89. The lowest BCUT2D eigenvalue weighted by molar-refractivity contribution is 0.644. The van der Waals surface area contributed by atoms with E-state index >= 15 is 0 Å². The zero-order chi connectivity index (χ0) is 17.8. The first-order valence-electron chi connectivity index (χ1n) is 9.51. The maximum Gasteiger partial charge on any atom is 0.0400 e. The molecule has 4 rings (SSSR count). The molecule has 3 aromatic rings. The number of rotatable bonds is 4. The van der Waals surface area contributed by atoms with Crippen LogP contribution in [0.2, 0.25) is 0 Å². The lowest BCUT2D eigenvalue weighted by Gasteiger charge is -2.15. The molecule has 0 bridgehead atoms. The first-order chi connectivity index (χ1) is 12.8. The predicted molar refractivity (Wildman–Crippen MR) is 111 cm³/mol. The molecule has 0 saturated heterocycles. The Labute approximate surface area is 156 Å². The molecule has 132 valence electrons. The van der Waals surface area contributed by atoms with Crippen molar-refractivity contribution >= 4 is 5.69 Å². The van der Waals surface area contributed by atoms with Crippen LogP contribution in [0.25, 0.3) is 11.1 Å². The van der Waals surface area contributed by atoms with Crippen molar-refractivity contribution in [2.45, 2.75) is 25.8 Å². The van der Waals surface area contributed by atoms with E-state index in [2.05, 4.69) is 90.4 Å². The third-order valence-corrected chi connectivity index (χ3v) is 5.26. The van der Waals surface area contributed by atoms with Crippen LogP contribution in [0.5, 0.6) is 0 Å². The molecule has 0 saturated carbocycles. The zero-order valence-electron chi connectivity index (χ0n) is 15.3. The van der Waals surface area contributed by atoms with Gasteiger partial charge in [0.25, 0.3) is 0 Å². The number of anilines is 1. The van der Waals surface area contributed by atoms with E-state index in [-0.39, 0.29) is 0 Å². The maximum atomic E-state index is 3.59. The number of hydrogen-bond donors (Lipinski definition) is 2. The van der Waals surface area contributed by atoms with E-state index in [1.807, 2.05) is 0 Å². The summed E-state index contributed by atoms with van der Waals surface area (Å²) in [5.41, 5.74) is 8.01. The van der Waals surface area contributed by atoms with Crippen LogP contribution in [0.1, 0.15) is 29.5 Å². The highest BCUT2D eigenvalue weighted by atomic mass is 14.9. The van der Waals surface area contributed by atoms with Crippen molar-refractivity contribution in [3.8, 4) is 11.1 Å². The van der Waals surface area contributed by atoms with Gasteiger partial charge in [-0.25, -0.2) is 0 Å². The second-order valence-corrected chi connectivity index (χ2v) is 7.19. The third-order valence-electron chi connectivity index (χ3n) is 5.26. The van der Waals surface area contributed by atoms with Crippen molar-refractivity contribution in [3.63, 3.8) is 0 Å². The predicted octanol–water partition coefficient (Wildman–Crippen LogP) is 5.21. The van der Waals surface area contributed by atoms with Gasteiger partial charge in [-0.2, -0.15) is 0 Å². The van der Waals surface area contributed by atoms with Crippen LogP contribution in [0.3, 0.4) is 0 Å². The largest absolute Gasteiger partial charge is 0.381 e. The van der Waals surface area contributed by atoms with Gasteiger partial charge in [-0.3, -0.25) is 0 Å². The van der Waals surface area contributed by atoms with Gasteiger partial charge in [-0.05, 0) is 58.8 Å². The standard InChI is InChI=1S/C24H26N2/c1-18-16-25-14-13-22-11-12-23(15-24(18)22)26-17-19-7-9-21(10-8-19)20-5-3-2-4-6-20/h2-12,15,18,25-26H,13-14,16-17H2,1H3/t18-/m1/s1. The molecule has 1 heterocycles. The van der Waals surface area contributed by atoms with Gasteiger partial charge >= 0.3 is 0 Å². The molecule has 0 amide bonds. The van der Waals surface area contributed by atoms with Crippen LogP contribution in [0.15, 0.2) is 72.8 Å². The quantitative estimate of drug-likeness (QED) is 0.680. The Morgan fingerprint density at radius 2 is 1.69 bits per heavy atom. The van der Waals surface area contributed by atoms with Crippen LogP contribution < -0.4 is 10.6 Å². The molecule has 0 spiro atoms. The first-order valence-corrected chi connectivity index (χ1v) is 9.51. The Morgan fingerprint density at radius 1 is 0.923 bits per heavy atom. The second kappa shape index (κ2) is 7.76. The maximum absolute atomic E-state index is 3.59. The van der Waals surface area contributed by atoms with Crippen LogP contribution >= 0.6 is 0 Å². The molecule has 1 aliphatic heterocycles. The highest BCUT2D eigenvalue weighted by Gasteiger charge is 2.14. The number of fused-ring (bicyclic) bond motifs is 1. The number of hydrogen-bond acceptors (Lipinski definition) is 2. The van der Waals surface area contributed by atoms with Gasteiger partial charge in [0.05, 0.1) is 0 Å². The summed E-state index contributed by atoms with van der Waals surface area (Å²) in [6.45, 7) is 5.30. The molecule has 1 aliphatic rings. The van der Waals surface area contributed by atoms with Crippen molar-refractivity contribution in [3.05, 3.63) is 89.5 Å². The second-order valence-electron chi connectivity index (χ2n) is 7.19. The lowest BCUT2D eigenvalue weighted by atomic mass is 9.95. The Hall–Kier alpha value is -2.58. The van der Waals surface area contributed by atoms with Crippen LogP contribution in [-0.2, 0) is 13.0 Å². The fourth-order valence-corrected chi connectivity index (χ4v) is 3.69. The van der Waals surface area contributed by atoms with Crippen molar-refractivity contribution in [2.24, 2.45) is 0 Å². The van der Waals surface area contributed by atoms with Gasteiger partial charge in [-0.15, -0.1) is 0 Å². The Bertz CT molecular complexity index is 853. The fourth-order valence-electron chi connectivity index (χ4n) is 3.69. The third kappa shape index (κ3) is 3.81. The van der Waals surface area contributed by atoms with Gasteiger partial charge in [0.1, 0.15) is 0 Å². The zero-order valence-corrected chi connectivity index (χ0v) is 15.3. The van der Waals surface area contributed by atoms with Gasteiger partial charge in [0.2, 0.25) is 0 Å². The van der Waals surface area contributed by atoms with E-state index in [1.54, 1.807) is 0 Å². The summed E-state index contributed by atoms with van der Waals surface area (Å²) in [7, 11) is 0. The highest BCUT2D eigenvalue weighted by Crippen LogP contribution is 2.26. The molecular weight excluding hydrogens is 316 g/mol. The van der Waals surface area contributed by atoms with Gasteiger partial charge in [0.15, 0.2) is 0 Å². The summed E-state index contributed by atoms with van der Waals surface area (Å²) in [6, 6.07) is 26.2. The average molecular weight is 342 g/mol. The minimum absolute atomic E-state index is 0.569. The van der Waals surface area contributed by atoms with Gasteiger partial charge < -0.3 is 10.6 Å². The molecule has 1 atom stereocenters. The number of benzene rings is 3. The molecule has 0 aliphatic carbocycles. The summed E-state index contributed by atoms with van der Waals surface area (Å²) in [6.07, 6.45) is 1.13. The molecule has 26 heavy (non-hydrogen) atoms. The Morgan fingerprint density at radius 3 is 2.50 bits per heavy atom. The minimum Gasteiger partial charge on any atom is -0.381 e. The van der Waals surface area contributed by atoms with E-state index in [0.29, 0.717) is 5.92 Å². The normalized spacial score (nSPS) is 16.6. The Kier molecular flexibility index (Phi) is 5.03. The topological polar surface area (TPSA) is 24.1 Å². The summed E-state index contributed by atoms with van der Waals surface area (Å²) in [5, 5.41) is 7.11. The van der Waals surface area contributed by atoms with E-state index < -0.39 is 0 Å². The Balaban J connectivity index is 1.44. The molecule has 2 nitrogen and oxygen atoms in total. The molecule has 0 radical (unpaired) electrons. The summed E-state index contributed by atoms with van der Waals surface area (Å²) < 4.78 is 0. The van der Waals surface area contributed by atoms with Gasteiger partial charge in [-0.1, -0.05) is 67.6 Å². The van der Waals surface area contributed by atoms with Gasteiger partial charge in [0, 0.05) is 18.8 Å². The fraction of sp³-hybridized carbons (Fsp3) is 0.250. The number of nitrogens with one attached hydrogen (secondary N) is 2. The first kappa shape index (κ1) is 16.9. The van der Waals surface area contributed by atoms with Crippen molar-refractivity contribution in [1.82, 2.24) is 5.32 Å². The minimum atomic E-state index is 0.569. The molecule has 0 aromatic heterocycles. The van der Waals surface area contributed by atoms with Crippen molar-refractivity contribution in [2.75, 3.05) is 18.4 Å². The van der Waals surface area contributed by atoms with Crippen LogP contribution in [0, 0.1) is 0 Å². The smallest absolute Gasteiger partial charge is 0.0400 e. The molecular formula is C24H26N2. The molecule has 2 heteroatoms. The van der Waals surface area contributed by atoms with E-state index in [1.165, 1.54) is 33.5 Å². The lowest BCUT2D eigenvalue weighted by Crippen LogP contribution is -2.18. The van der Waals surface area contributed by atoms with E-state index in [4.69, 9.17) is 0 Å². The monoisotopic (exact) mass is 342 g/mol. The molecule has 2 N–H and O–H groups in total. The molecule has 3 aromatic carbocycles. The van der Waals surface area contributed by atoms with E-state index in [0.717, 1.165) is 26.1 Å². The summed E-state index contributed by atoms with van der Waals surface area (Å²) >= 11 is 0. The van der Waals surface area contributed by atoms with Crippen molar-refractivity contribution in [1.29, 1.82) is 0 Å². The van der Waals surface area contributed by atoms with Crippen molar-refractivity contribution < 1.29 is 0 Å². The highest BCUT2D eigenvalue weighted by molar-refractivity contribution is 5.63. The van der Waals surface area contributed by atoms with E-state index in [9.17, 15) is 0 Å². The molecule has 0 unspecified atom stereocenters. The van der Waals surface area contributed by atoms with Crippen LogP contribution in [-0.4, -0.2) is 13.1 Å². The van der Waals surface area contributed by atoms with Crippen LogP contribution in [0.4, 0.5) is 5.69 Å². The molecule has 0 fully saturated rings. The summed E-state index contributed by atoms with van der Waals surface area (Å²) in [4.78, 5) is 0. The summed E-state index contributed by atoms with van der Waals surface area (Å²) in [5.74, 6) is 0.569. The SMILES string of the molecule is C[C@@H]1CNCCc2ccc(NCc3ccc(-c4ccccc4)cc3)cc21.